The van der Waals surface area contributed by atoms with Gasteiger partial charge in [0.2, 0.25) is 0 Å². The Hall–Kier alpha value is -2.02. The minimum Gasteiger partial charge on any atom is -0.465 e. The molecule has 0 amide bonds. The molecule has 1 rings (SSSR count). The number of nitriles is 1. The van der Waals surface area contributed by atoms with Gasteiger partial charge in [-0.25, -0.2) is 0 Å². The SMILES string of the molecule is CC(=O)OCC(C#N)=Cc1ccco1. The molecule has 72 valence electrons. The van der Waals surface area contributed by atoms with E-state index in [4.69, 9.17) is 9.68 Å². The molecule has 1 heterocycles. The molecule has 0 spiro atoms. The van der Waals surface area contributed by atoms with Crippen LogP contribution in [-0.2, 0) is 9.53 Å². The summed E-state index contributed by atoms with van der Waals surface area (Å²) in [6, 6.07) is 5.35. The smallest absolute Gasteiger partial charge is 0.302 e. The monoisotopic (exact) mass is 191 g/mol. The topological polar surface area (TPSA) is 63.2 Å². The first kappa shape index (κ1) is 10.1. The van der Waals surface area contributed by atoms with E-state index in [1.807, 2.05) is 6.07 Å². The molecule has 0 unspecified atom stereocenters. The number of carbonyl (C=O) groups excluding carboxylic acids is 1. The second kappa shape index (κ2) is 4.87. The second-order valence-corrected chi connectivity index (χ2v) is 2.58. The Morgan fingerprint density at radius 3 is 3.07 bits per heavy atom. The number of furan rings is 1. The average molecular weight is 191 g/mol. The minimum absolute atomic E-state index is 0.0213. The molecule has 1 aromatic rings. The van der Waals surface area contributed by atoms with E-state index in [0.717, 1.165) is 0 Å². The van der Waals surface area contributed by atoms with Crippen LogP contribution in [0.4, 0.5) is 0 Å². The van der Waals surface area contributed by atoms with E-state index in [-0.39, 0.29) is 6.61 Å². The van der Waals surface area contributed by atoms with Gasteiger partial charge in [-0.2, -0.15) is 5.26 Å². The van der Waals surface area contributed by atoms with Crippen molar-refractivity contribution in [1.29, 1.82) is 5.26 Å². The van der Waals surface area contributed by atoms with Gasteiger partial charge in [-0.05, 0) is 18.2 Å². The maximum absolute atomic E-state index is 10.5. The number of ether oxygens (including phenoxy) is 1. The molecule has 0 atom stereocenters. The highest BCUT2D eigenvalue weighted by atomic mass is 16.5. The molecule has 0 radical (unpaired) electrons. The fourth-order valence-electron chi connectivity index (χ4n) is 0.831. The van der Waals surface area contributed by atoms with Gasteiger partial charge in [-0.1, -0.05) is 0 Å². The van der Waals surface area contributed by atoms with Gasteiger partial charge in [0.1, 0.15) is 12.4 Å². The molecule has 4 heteroatoms. The number of hydrogen-bond donors (Lipinski definition) is 0. The van der Waals surface area contributed by atoms with Crippen LogP contribution in [0.5, 0.6) is 0 Å². The average Bonchev–Trinajstić information content (AvgIpc) is 2.64. The third kappa shape index (κ3) is 3.15. The van der Waals surface area contributed by atoms with Crippen LogP contribution >= 0.6 is 0 Å². The summed E-state index contributed by atoms with van der Waals surface area (Å²) in [5, 5.41) is 8.69. The fraction of sp³-hybridized carbons (Fsp3) is 0.200. The Morgan fingerprint density at radius 1 is 1.79 bits per heavy atom. The van der Waals surface area contributed by atoms with Gasteiger partial charge in [0, 0.05) is 6.92 Å². The number of rotatable bonds is 3. The molecule has 0 saturated carbocycles. The van der Waals surface area contributed by atoms with E-state index in [2.05, 4.69) is 4.74 Å². The van der Waals surface area contributed by atoms with Crippen molar-refractivity contribution < 1.29 is 13.9 Å². The summed E-state index contributed by atoms with van der Waals surface area (Å²) in [6.07, 6.45) is 3.04. The summed E-state index contributed by atoms with van der Waals surface area (Å²) in [5.41, 5.74) is 0.343. The summed E-state index contributed by atoms with van der Waals surface area (Å²) in [7, 11) is 0. The zero-order valence-electron chi connectivity index (χ0n) is 7.69. The normalized spacial score (nSPS) is 10.7. The zero-order chi connectivity index (χ0) is 10.4. The summed E-state index contributed by atoms with van der Waals surface area (Å²) < 4.78 is 9.68. The van der Waals surface area contributed by atoms with Crippen LogP contribution < -0.4 is 0 Å². The molecule has 0 saturated heterocycles. The molecule has 0 aliphatic rings. The van der Waals surface area contributed by atoms with Gasteiger partial charge in [0.15, 0.2) is 0 Å². The third-order valence-corrected chi connectivity index (χ3v) is 1.43. The fourth-order valence-corrected chi connectivity index (χ4v) is 0.831. The quantitative estimate of drug-likeness (QED) is 0.539. The third-order valence-electron chi connectivity index (χ3n) is 1.43. The van der Waals surface area contributed by atoms with Gasteiger partial charge >= 0.3 is 5.97 Å². The van der Waals surface area contributed by atoms with Gasteiger partial charge < -0.3 is 9.15 Å². The maximum Gasteiger partial charge on any atom is 0.302 e. The molecule has 0 aromatic carbocycles. The van der Waals surface area contributed by atoms with Crippen LogP contribution in [0.2, 0.25) is 0 Å². The lowest BCUT2D eigenvalue weighted by Gasteiger charge is -1.98. The largest absolute Gasteiger partial charge is 0.465 e. The first-order valence-corrected chi connectivity index (χ1v) is 4.00. The van der Waals surface area contributed by atoms with Crippen molar-refractivity contribution in [2.75, 3.05) is 6.61 Å². The van der Waals surface area contributed by atoms with Gasteiger partial charge in [-0.15, -0.1) is 0 Å². The van der Waals surface area contributed by atoms with Crippen LogP contribution in [0.3, 0.4) is 0 Å². The van der Waals surface area contributed by atoms with Crippen molar-refractivity contribution in [2.45, 2.75) is 6.92 Å². The Labute approximate surface area is 81.4 Å². The Morgan fingerprint density at radius 2 is 2.57 bits per heavy atom. The molecule has 14 heavy (non-hydrogen) atoms. The first-order chi connectivity index (χ1) is 6.72. The number of esters is 1. The predicted octanol–water partition coefficient (Wildman–Crippen LogP) is 1.75. The molecule has 0 aliphatic heterocycles. The van der Waals surface area contributed by atoms with Crippen molar-refractivity contribution in [3.05, 3.63) is 29.7 Å². The van der Waals surface area contributed by atoms with E-state index in [1.54, 1.807) is 12.1 Å². The first-order valence-electron chi connectivity index (χ1n) is 4.00. The second-order valence-electron chi connectivity index (χ2n) is 2.58. The van der Waals surface area contributed by atoms with E-state index >= 15 is 0 Å². The van der Waals surface area contributed by atoms with E-state index in [0.29, 0.717) is 11.3 Å². The molecule has 0 bridgehead atoms. The molecule has 0 fully saturated rings. The van der Waals surface area contributed by atoms with Crippen molar-refractivity contribution in [3.8, 4) is 6.07 Å². The Bertz CT molecular complexity index is 371. The lowest BCUT2D eigenvalue weighted by Crippen LogP contribution is -2.01. The summed E-state index contributed by atoms with van der Waals surface area (Å²) in [5.74, 6) is 0.152. The number of nitrogens with zero attached hydrogens (tertiary/aromatic N) is 1. The predicted molar refractivity (Wildman–Crippen MR) is 48.9 cm³/mol. The van der Waals surface area contributed by atoms with Crippen LogP contribution in [0.1, 0.15) is 12.7 Å². The van der Waals surface area contributed by atoms with Crippen LogP contribution in [0.25, 0.3) is 6.08 Å². The van der Waals surface area contributed by atoms with Crippen LogP contribution in [-0.4, -0.2) is 12.6 Å². The highest BCUT2D eigenvalue weighted by Crippen LogP contribution is 2.07. The van der Waals surface area contributed by atoms with Gasteiger partial charge in [0.05, 0.1) is 17.9 Å². The lowest BCUT2D eigenvalue weighted by atomic mass is 10.2. The minimum atomic E-state index is -0.411. The lowest BCUT2D eigenvalue weighted by molar-refractivity contribution is -0.139. The zero-order valence-corrected chi connectivity index (χ0v) is 7.69. The van der Waals surface area contributed by atoms with Crippen molar-refractivity contribution in [3.63, 3.8) is 0 Å². The molecular formula is C10H9NO3. The summed E-state index contributed by atoms with van der Waals surface area (Å²) in [4.78, 5) is 10.5. The van der Waals surface area contributed by atoms with E-state index in [1.165, 1.54) is 19.3 Å². The molecular weight excluding hydrogens is 182 g/mol. The van der Waals surface area contributed by atoms with Crippen LogP contribution in [0, 0.1) is 11.3 Å². The van der Waals surface area contributed by atoms with Crippen molar-refractivity contribution in [1.82, 2.24) is 0 Å². The van der Waals surface area contributed by atoms with Crippen LogP contribution in [0.15, 0.2) is 28.4 Å². The molecule has 1 aromatic heterocycles. The summed E-state index contributed by atoms with van der Waals surface area (Å²) >= 11 is 0. The standard InChI is InChI=1S/C10H9NO3/c1-8(12)14-7-9(6-11)5-10-3-2-4-13-10/h2-5H,7H2,1H3. The number of hydrogen-bond acceptors (Lipinski definition) is 4. The highest BCUT2D eigenvalue weighted by Gasteiger charge is 2.00. The molecule has 4 nitrogen and oxygen atoms in total. The van der Waals surface area contributed by atoms with Crippen molar-refractivity contribution in [2.24, 2.45) is 0 Å². The molecule has 0 aliphatic carbocycles. The Kier molecular flexibility index (Phi) is 3.50. The van der Waals surface area contributed by atoms with Crippen molar-refractivity contribution >= 4 is 12.0 Å². The van der Waals surface area contributed by atoms with E-state index < -0.39 is 5.97 Å². The Balaban J connectivity index is 2.63. The maximum atomic E-state index is 10.5. The van der Waals surface area contributed by atoms with Gasteiger partial charge in [-0.3, -0.25) is 4.79 Å². The van der Waals surface area contributed by atoms with Gasteiger partial charge in [0.25, 0.3) is 0 Å². The highest BCUT2D eigenvalue weighted by molar-refractivity contribution is 5.66. The van der Waals surface area contributed by atoms with E-state index in [9.17, 15) is 4.79 Å². The summed E-state index contributed by atoms with van der Waals surface area (Å²) in [6.45, 7) is 1.27. The number of carbonyl (C=O) groups is 1. The molecule has 0 N–H and O–H groups in total.